The van der Waals surface area contributed by atoms with Crippen LogP contribution in [0.3, 0.4) is 0 Å². The fraction of sp³-hybridized carbons (Fsp3) is 0.824. The van der Waals surface area contributed by atoms with Gasteiger partial charge in [0.2, 0.25) is 0 Å². The number of anilines is 1. The molecule has 0 aliphatic carbocycles. The molecule has 122 valence electrons. The molecule has 0 saturated carbocycles. The van der Waals surface area contributed by atoms with Gasteiger partial charge in [-0.05, 0) is 46.5 Å². The van der Waals surface area contributed by atoms with Gasteiger partial charge in [0.15, 0.2) is 5.13 Å². The molecule has 1 N–H and O–H groups in total. The van der Waals surface area contributed by atoms with Crippen LogP contribution in [0.4, 0.5) is 5.13 Å². The van der Waals surface area contributed by atoms with Crippen LogP contribution in [0.2, 0.25) is 0 Å². The Labute approximate surface area is 135 Å². The first-order valence-electron chi connectivity index (χ1n) is 8.31. The van der Waals surface area contributed by atoms with Gasteiger partial charge in [0.05, 0.1) is 5.69 Å². The van der Waals surface area contributed by atoms with Crippen LogP contribution in [0.25, 0.3) is 0 Å². The first kappa shape index (κ1) is 18.4. The quantitative estimate of drug-likeness (QED) is 0.749. The van der Waals surface area contributed by atoms with Crippen molar-refractivity contribution in [1.29, 1.82) is 0 Å². The minimum Gasteiger partial charge on any atom is -0.348 e. The van der Waals surface area contributed by atoms with Gasteiger partial charge in [0.25, 0.3) is 0 Å². The fourth-order valence-electron chi connectivity index (χ4n) is 2.20. The zero-order valence-electron chi connectivity index (χ0n) is 14.9. The highest BCUT2D eigenvalue weighted by Crippen LogP contribution is 2.32. The molecule has 0 fully saturated rings. The zero-order valence-corrected chi connectivity index (χ0v) is 15.7. The van der Waals surface area contributed by atoms with Crippen LogP contribution in [0.1, 0.15) is 77.8 Å². The second-order valence-corrected chi connectivity index (χ2v) is 7.86. The Morgan fingerprint density at radius 1 is 1.24 bits per heavy atom. The van der Waals surface area contributed by atoms with E-state index in [9.17, 15) is 0 Å². The largest absolute Gasteiger partial charge is 0.348 e. The van der Waals surface area contributed by atoms with E-state index in [1.807, 2.05) is 11.3 Å². The van der Waals surface area contributed by atoms with E-state index in [2.05, 4.69) is 58.7 Å². The van der Waals surface area contributed by atoms with Gasteiger partial charge in [-0.3, -0.25) is 0 Å². The lowest BCUT2D eigenvalue weighted by Gasteiger charge is -2.20. The topological polar surface area (TPSA) is 28.2 Å². The fourth-order valence-corrected chi connectivity index (χ4v) is 3.40. The third-order valence-electron chi connectivity index (χ3n) is 3.72. The molecule has 1 unspecified atom stereocenters. The maximum atomic E-state index is 4.98. The highest BCUT2D eigenvalue weighted by atomic mass is 32.1. The summed E-state index contributed by atoms with van der Waals surface area (Å²) in [5.41, 5.74) is 1.44. The van der Waals surface area contributed by atoms with Crippen molar-refractivity contribution in [1.82, 2.24) is 10.3 Å². The molecule has 0 aromatic carbocycles. The summed E-state index contributed by atoms with van der Waals surface area (Å²) in [4.78, 5) is 8.78. The Morgan fingerprint density at radius 2 is 1.90 bits per heavy atom. The third-order valence-corrected chi connectivity index (χ3v) is 4.85. The molecule has 1 atom stereocenters. The number of hydrogen-bond donors (Lipinski definition) is 1. The molecule has 1 aromatic heterocycles. The lowest BCUT2D eigenvalue weighted by molar-refractivity contribution is 0.424. The summed E-state index contributed by atoms with van der Waals surface area (Å²) >= 11 is 1.87. The number of hydrogen-bond acceptors (Lipinski definition) is 4. The molecule has 0 bridgehead atoms. The predicted molar refractivity (Wildman–Crippen MR) is 95.6 cm³/mol. The summed E-state index contributed by atoms with van der Waals surface area (Å²) < 4.78 is 0. The average Bonchev–Trinajstić information content (AvgIpc) is 2.85. The van der Waals surface area contributed by atoms with Crippen LogP contribution in [0, 0.1) is 0 Å². The molecule has 0 amide bonds. The first-order valence-corrected chi connectivity index (χ1v) is 9.13. The smallest absolute Gasteiger partial charge is 0.185 e. The van der Waals surface area contributed by atoms with Crippen LogP contribution in [-0.2, 0) is 6.54 Å². The van der Waals surface area contributed by atoms with Gasteiger partial charge in [-0.2, -0.15) is 0 Å². The van der Waals surface area contributed by atoms with Crippen molar-refractivity contribution < 1.29 is 0 Å². The molecule has 1 rings (SSSR count). The van der Waals surface area contributed by atoms with Crippen LogP contribution in [0.15, 0.2) is 0 Å². The third kappa shape index (κ3) is 5.59. The van der Waals surface area contributed by atoms with E-state index in [0.717, 1.165) is 26.1 Å². The van der Waals surface area contributed by atoms with E-state index in [1.165, 1.54) is 22.1 Å². The van der Waals surface area contributed by atoms with E-state index in [1.54, 1.807) is 0 Å². The molecule has 0 aliphatic heterocycles. The summed E-state index contributed by atoms with van der Waals surface area (Å²) in [5.74, 6) is 0.534. The summed E-state index contributed by atoms with van der Waals surface area (Å²) in [7, 11) is 0. The Kier molecular flexibility index (Phi) is 7.14. The van der Waals surface area contributed by atoms with E-state index in [-0.39, 0.29) is 5.54 Å². The molecule has 0 radical (unpaired) electrons. The van der Waals surface area contributed by atoms with Crippen molar-refractivity contribution in [2.45, 2.75) is 79.3 Å². The molecule has 4 heteroatoms. The van der Waals surface area contributed by atoms with Crippen LogP contribution in [-0.4, -0.2) is 23.6 Å². The lowest BCUT2D eigenvalue weighted by atomic mass is 10.0. The molecule has 1 heterocycles. The van der Waals surface area contributed by atoms with Gasteiger partial charge < -0.3 is 10.2 Å². The minimum atomic E-state index is 0.144. The first-order chi connectivity index (χ1) is 9.82. The molecule has 0 aliphatic rings. The van der Waals surface area contributed by atoms with Crippen molar-refractivity contribution in [3.63, 3.8) is 0 Å². The molecule has 0 spiro atoms. The van der Waals surface area contributed by atoms with Gasteiger partial charge >= 0.3 is 0 Å². The van der Waals surface area contributed by atoms with Gasteiger partial charge in [-0.25, -0.2) is 4.98 Å². The predicted octanol–water partition coefficient (Wildman–Crippen LogP) is 4.78. The van der Waals surface area contributed by atoms with Gasteiger partial charge in [0, 0.05) is 30.1 Å². The number of thiazole rings is 1. The Bertz CT molecular complexity index is 420. The molecule has 0 saturated heterocycles. The number of nitrogens with zero attached hydrogens (tertiary/aromatic N) is 2. The lowest BCUT2D eigenvalue weighted by Crippen LogP contribution is -2.35. The van der Waals surface area contributed by atoms with Crippen molar-refractivity contribution in [3.8, 4) is 0 Å². The molecular formula is C17H33N3S. The van der Waals surface area contributed by atoms with E-state index in [0.29, 0.717) is 5.92 Å². The normalized spacial score (nSPS) is 13.5. The van der Waals surface area contributed by atoms with Crippen LogP contribution < -0.4 is 10.2 Å². The monoisotopic (exact) mass is 311 g/mol. The van der Waals surface area contributed by atoms with Gasteiger partial charge in [-0.1, -0.05) is 20.8 Å². The second-order valence-electron chi connectivity index (χ2n) is 6.80. The van der Waals surface area contributed by atoms with Crippen LogP contribution >= 0.6 is 11.3 Å². The Morgan fingerprint density at radius 3 is 2.38 bits per heavy atom. The van der Waals surface area contributed by atoms with Crippen molar-refractivity contribution in [2.24, 2.45) is 0 Å². The molecule has 21 heavy (non-hydrogen) atoms. The summed E-state index contributed by atoms with van der Waals surface area (Å²) in [6.45, 7) is 18.7. The number of rotatable bonds is 8. The second kappa shape index (κ2) is 8.14. The van der Waals surface area contributed by atoms with Crippen molar-refractivity contribution in [3.05, 3.63) is 10.6 Å². The number of aromatic nitrogens is 1. The van der Waals surface area contributed by atoms with Crippen molar-refractivity contribution >= 4 is 16.5 Å². The Balaban J connectivity index is 3.00. The molecular weight excluding hydrogens is 278 g/mol. The zero-order chi connectivity index (χ0) is 16.0. The van der Waals surface area contributed by atoms with E-state index >= 15 is 0 Å². The number of nitrogens with one attached hydrogen (secondary N) is 1. The highest BCUT2D eigenvalue weighted by molar-refractivity contribution is 7.15. The van der Waals surface area contributed by atoms with E-state index < -0.39 is 0 Å². The Hall–Kier alpha value is -0.610. The minimum absolute atomic E-state index is 0.144. The summed E-state index contributed by atoms with van der Waals surface area (Å²) in [6, 6.07) is 0. The summed E-state index contributed by atoms with van der Waals surface area (Å²) in [6.07, 6.45) is 2.31. The van der Waals surface area contributed by atoms with E-state index in [4.69, 9.17) is 4.98 Å². The van der Waals surface area contributed by atoms with Crippen LogP contribution in [0.5, 0.6) is 0 Å². The standard InChI is InChI=1S/C17H33N3S/c1-8-11-20(10-3)16-19-15(13(4)9-2)14(21-16)12-18-17(5,6)7/h13,18H,8-12H2,1-7H3. The summed E-state index contributed by atoms with van der Waals surface area (Å²) in [5, 5.41) is 4.81. The average molecular weight is 312 g/mol. The SMILES string of the molecule is CCCN(CC)c1nc(C(C)CC)c(CNC(C)(C)C)s1. The molecule has 1 aromatic rings. The highest BCUT2D eigenvalue weighted by Gasteiger charge is 2.20. The molecule has 3 nitrogen and oxygen atoms in total. The van der Waals surface area contributed by atoms with Crippen molar-refractivity contribution in [2.75, 3.05) is 18.0 Å². The van der Waals surface area contributed by atoms with Gasteiger partial charge in [-0.15, -0.1) is 11.3 Å². The maximum Gasteiger partial charge on any atom is 0.185 e. The maximum absolute atomic E-state index is 4.98. The van der Waals surface area contributed by atoms with Gasteiger partial charge in [0.1, 0.15) is 0 Å².